The molecule has 0 aromatic heterocycles. The molecule has 1 fully saturated rings. The van der Waals surface area contributed by atoms with Crippen LogP contribution in [0.2, 0.25) is 0 Å². The van der Waals surface area contributed by atoms with Crippen molar-refractivity contribution in [2.24, 2.45) is 0 Å². The lowest BCUT2D eigenvalue weighted by Crippen LogP contribution is -2.43. The van der Waals surface area contributed by atoms with E-state index in [9.17, 15) is 10.0 Å². The molecule has 96 valence electrons. The Bertz CT molecular complexity index is 574. The maximum atomic E-state index is 12.0. The third kappa shape index (κ3) is 2.05. The van der Waals surface area contributed by atoms with Gasteiger partial charge in [0.15, 0.2) is 0 Å². The van der Waals surface area contributed by atoms with Gasteiger partial charge >= 0.3 is 0 Å². The number of hydrogen-bond acceptors (Lipinski definition) is 4. The molecule has 5 heteroatoms. The number of rotatable bonds is 2. The first kappa shape index (κ1) is 11.7. The van der Waals surface area contributed by atoms with Crippen LogP contribution in [0, 0.1) is 5.21 Å². The highest BCUT2D eigenvalue weighted by Gasteiger charge is 2.32. The number of carbonyl (C=O) groups excluding carboxylic acids is 1. The topological polar surface area (TPSA) is 49.9 Å². The summed E-state index contributed by atoms with van der Waals surface area (Å²) in [7, 11) is 0. The highest BCUT2D eigenvalue weighted by Crippen LogP contribution is 2.28. The van der Waals surface area contributed by atoms with Gasteiger partial charge in [0.05, 0.1) is 17.9 Å². The summed E-state index contributed by atoms with van der Waals surface area (Å²) in [5.74, 6) is -0.245. The first-order valence-electron chi connectivity index (χ1n) is 5.95. The molecule has 1 aliphatic rings. The van der Waals surface area contributed by atoms with Crippen molar-refractivity contribution in [1.82, 2.24) is 5.17 Å². The molecule has 0 radical (unpaired) electrons. The Balaban J connectivity index is 2.03. The fourth-order valence-corrected chi connectivity index (χ4v) is 2.08. The zero-order valence-corrected chi connectivity index (χ0v) is 10.1. The van der Waals surface area contributed by atoms with Gasteiger partial charge in [0.25, 0.3) is 5.91 Å². The van der Waals surface area contributed by atoms with Crippen molar-refractivity contribution in [2.75, 3.05) is 16.7 Å². The Morgan fingerprint density at radius 2 is 1.37 bits per heavy atom. The van der Waals surface area contributed by atoms with Crippen LogP contribution >= 0.6 is 0 Å². The van der Waals surface area contributed by atoms with Crippen molar-refractivity contribution in [2.45, 2.75) is 0 Å². The maximum absolute atomic E-state index is 12.0. The Labute approximate surface area is 110 Å². The molecule has 0 spiro atoms. The minimum atomic E-state index is -0.245. The summed E-state index contributed by atoms with van der Waals surface area (Å²) in [6, 6.07) is 18.2. The van der Waals surface area contributed by atoms with Gasteiger partial charge in [0.1, 0.15) is 0 Å². The van der Waals surface area contributed by atoms with Crippen LogP contribution in [0.25, 0.3) is 0 Å². The Morgan fingerprint density at radius 3 is 1.95 bits per heavy atom. The quantitative estimate of drug-likeness (QED) is 0.824. The van der Waals surface area contributed by atoms with Crippen molar-refractivity contribution in [1.29, 1.82) is 0 Å². The number of amides is 1. The second kappa shape index (κ2) is 4.72. The predicted octanol–water partition coefficient (Wildman–Crippen LogP) is 2.17. The van der Waals surface area contributed by atoms with E-state index < -0.39 is 0 Å². The minimum Gasteiger partial charge on any atom is -0.765 e. The number of benzene rings is 2. The van der Waals surface area contributed by atoms with Crippen molar-refractivity contribution >= 4 is 17.3 Å². The van der Waals surface area contributed by atoms with Crippen LogP contribution in [0.5, 0.6) is 0 Å². The van der Waals surface area contributed by atoms with Gasteiger partial charge in [-0.05, 0) is 24.3 Å². The van der Waals surface area contributed by atoms with Crippen LogP contribution in [0.4, 0.5) is 11.4 Å². The summed E-state index contributed by atoms with van der Waals surface area (Å²) < 4.78 is 0. The molecule has 2 aromatic rings. The molecule has 1 aliphatic heterocycles. The Morgan fingerprint density at radius 1 is 0.842 bits per heavy atom. The molecule has 1 amide bonds. The van der Waals surface area contributed by atoms with E-state index >= 15 is 0 Å². The number of hydrogen-bond donors (Lipinski definition) is 0. The SMILES string of the molecule is O=C1CN([O-])N(c2ccccc2)N1c1ccccc1. The van der Waals surface area contributed by atoms with Gasteiger partial charge in [-0.1, -0.05) is 36.4 Å². The van der Waals surface area contributed by atoms with Crippen LogP contribution < -0.4 is 10.1 Å². The molecular formula is C14H12N3O2-. The van der Waals surface area contributed by atoms with E-state index in [1.807, 2.05) is 36.4 Å². The van der Waals surface area contributed by atoms with E-state index in [-0.39, 0.29) is 12.5 Å². The standard InChI is InChI=1S/C14H12N3O2/c18-14-11-15(19)17(13-9-5-2-6-10-13)16(14)12-7-3-1-4-8-12/h1-10H,11H2/q-1. The van der Waals surface area contributed by atoms with Gasteiger partial charge in [0, 0.05) is 0 Å². The van der Waals surface area contributed by atoms with Gasteiger partial charge in [-0.2, -0.15) is 0 Å². The zero-order chi connectivity index (χ0) is 13.2. The van der Waals surface area contributed by atoms with Gasteiger partial charge < -0.3 is 5.21 Å². The zero-order valence-electron chi connectivity index (χ0n) is 10.1. The van der Waals surface area contributed by atoms with Crippen LogP contribution in [0.3, 0.4) is 0 Å². The highest BCUT2D eigenvalue weighted by molar-refractivity contribution is 5.99. The lowest BCUT2D eigenvalue weighted by Gasteiger charge is -2.38. The summed E-state index contributed by atoms with van der Waals surface area (Å²) >= 11 is 0. The average molecular weight is 254 g/mol. The van der Waals surface area contributed by atoms with E-state index in [2.05, 4.69) is 0 Å². The molecule has 0 atom stereocenters. The maximum Gasteiger partial charge on any atom is 0.262 e. The average Bonchev–Trinajstić information content (AvgIpc) is 2.75. The smallest absolute Gasteiger partial charge is 0.262 e. The number of para-hydroxylation sites is 2. The van der Waals surface area contributed by atoms with E-state index in [1.54, 1.807) is 24.3 Å². The predicted molar refractivity (Wildman–Crippen MR) is 72.9 cm³/mol. The van der Waals surface area contributed by atoms with Gasteiger partial charge in [-0.25, -0.2) is 10.1 Å². The summed E-state index contributed by atoms with van der Waals surface area (Å²) in [5.41, 5.74) is 1.34. The minimum absolute atomic E-state index is 0.177. The molecule has 1 saturated heterocycles. The number of anilines is 2. The van der Waals surface area contributed by atoms with E-state index in [0.717, 1.165) is 0 Å². The number of nitrogens with zero attached hydrogens (tertiary/aromatic N) is 3. The fraction of sp³-hybridized carbons (Fsp3) is 0.0714. The number of carbonyl (C=O) groups is 1. The van der Waals surface area contributed by atoms with Crippen LogP contribution in [0.1, 0.15) is 0 Å². The molecule has 0 unspecified atom stereocenters. The summed E-state index contributed by atoms with van der Waals surface area (Å²) in [4.78, 5) is 12.0. The molecule has 19 heavy (non-hydrogen) atoms. The van der Waals surface area contributed by atoms with E-state index in [4.69, 9.17) is 0 Å². The molecule has 0 aliphatic carbocycles. The third-order valence-corrected chi connectivity index (χ3v) is 2.90. The van der Waals surface area contributed by atoms with E-state index in [1.165, 1.54) is 10.1 Å². The molecule has 3 rings (SSSR count). The van der Waals surface area contributed by atoms with E-state index in [0.29, 0.717) is 16.5 Å². The molecule has 5 nitrogen and oxygen atoms in total. The first-order chi connectivity index (χ1) is 9.27. The Hall–Kier alpha value is -2.37. The van der Waals surface area contributed by atoms with Crippen LogP contribution in [-0.4, -0.2) is 17.6 Å². The number of hydroxylamine groups is 1. The van der Waals surface area contributed by atoms with Crippen molar-refractivity contribution < 1.29 is 4.79 Å². The summed E-state index contributed by atoms with van der Waals surface area (Å²) in [6.45, 7) is -0.177. The molecule has 0 saturated carbocycles. The molecule has 0 bridgehead atoms. The fourth-order valence-electron chi connectivity index (χ4n) is 2.08. The lowest BCUT2D eigenvalue weighted by molar-refractivity contribution is -0.116. The first-order valence-corrected chi connectivity index (χ1v) is 5.95. The van der Waals surface area contributed by atoms with Gasteiger partial charge in [0.2, 0.25) is 0 Å². The monoisotopic (exact) mass is 254 g/mol. The van der Waals surface area contributed by atoms with Crippen molar-refractivity contribution in [3.05, 3.63) is 65.9 Å². The summed E-state index contributed by atoms with van der Waals surface area (Å²) in [5, 5.41) is 15.3. The van der Waals surface area contributed by atoms with Gasteiger partial charge in [-0.15, -0.1) is 0 Å². The van der Waals surface area contributed by atoms with Crippen LogP contribution in [-0.2, 0) is 4.79 Å². The lowest BCUT2D eigenvalue weighted by atomic mass is 10.3. The summed E-state index contributed by atoms with van der Waals surface area (Å²) in [6.07, 6.45) is 0. The Kier molecular flexibility index (Phi) is 2.91. The van der Waals surface area contributed by atoms with Crippen molar-refractivity contribution in [3.8, 4) is 0 Å². The largest absolute Gasteiger partial charge is 0.765 e. The molecule has 1 heterocycles. The highest BCUT2D eigenvalue weighted by atomic mass is 16.6. The van der Waals surface area contributed by atoms with Gasteiger partial charge in [-0.3, -0.25) is 9.97 Å². The number of hydrazine groups is 2. The van der Waals surface area contributed by atoms with Crippen LogP contribution in [0.15, 0.2) is 60.7 Å². The second-order valence-electron chi connectivity index (χ2n) is 4.18. The molecule has 0 N–H and O–H groups in total. The molecule has 2 aromatic carbocycles. The third-order valence-electron chi connectivity index (χ3n) is 2.90. The van der Waals surface area contributed by atoms with Crippen molar-refractivity contribution in [3.63, 3.8) is 0 Å². The molecular weight excluding hydrogens is 242 g/mol. The normalized spacial score (nSPS) is 16.2. The second-order valence-corrected chi connectivity index (χ2v) is 4.18.